The van der Waals surface area contributed by atoms with Crippen molar-refractivity contribution < 1.29 is 27.0 Å². The van der Waals surface area contributed by atoms with Gasteiger partial charge in [0.15, 0.2) is 11.6 Å². The van der Waals surface area contributed by atoms with Crippen molar-refractivity contribution in [3.63, 3.8) is 0 Å². The molecule has 2 unspecified atom stereocenters. The summed E-state index contributed by atoms with van der Waals surface area (Å²) in [6.07, 6.45) is 7.36. The number of hydrogen-bond acceptors (Lipinski definition) is 2. The molecule has 1 saturated carbocycles. The maximum absolute atomic E-state index is 14.5. The highest BCUT2D eigenvalue weighted by Gasteiger charge is 2.32. The standard InChI is InChI=1S/C28H32F4O2/c1-2-33-26-14-12-24(27(31)28(26)32)20-9-7-19(8-10-20)22-11-13-25(34-17-22)21-5-3-18(4-6-21)15-23(30)16-29/h7-10,12,14-15,18,21-22,25H,2-6,11,13,16-17H2,1H3/b23-15-. The van der Waals surface area contributed by atoms with Crippen LogP contribution in [0.15, 0.2) is 48.3 Å². The van der Waals surface area contributed by atoms with E-state index in [1.165, 1.54) is 12.1 Å². The molecule has 2 fully saturated rings. The summed E-state index contributed by atoms with van der Waals surface area (Å²) in [6, 6.07) is 10.6. The Balaban J connectivity index is 1.32. The van der Waals surface area contributed by atoms with Crippen LogP contribution in [0.2, 0.25) is 0 Å². The number of ether oxygens (including phenoxy) is 2. The summed E-state index contributed by atoms with van der Waals surface area (Å²) in [5, 5.41) is 0. The Morgan fingerprint density at radius 3 is 2.32 bits per heavy atom. The van der Waals surface area contributed by atoms with Gasteiger partial charge in [-0.05, 0) is 86.6 Å². The molecule has 1 aliphatic carbocycles. The van der Waals surface area contributed by atoms with E-state index in [0.717, 1.165) is 44.1 Å². The summed E-state index contributed by atoms with van der Waals surface area (Å²) >= 11 is 0. The third-order valence-corrected chi connectivity index (χ3v) is 7.24. The zero-order chi connectivity index (χ0) is 24.1. The Morgan fingerprint density at radius 1 is 0.971 bits per heavy atom. The van der Waals surface area contributed by atoms with Gasteiger partial charge in [-0.15, -0.1) is 0 Å². The maximum Gasteiger partial charge on any atom is 0.201 e. The lowest BCUT2D eigenvalue weighted by Gasteiger charge is -2.37. The zero-order valence-electron chi connectivity index (χ0n) is 19.5. The van der Waals surface area contributed by atoms with Crippen molar-refractivity contribution >= 4 is 0 Å². The normalized spacial score (nSPS) is 25.9. The molecular formula is C28H32F4O2. The topological polar surface area (TPSA) is 18.5 Å². The number of alkyl halides is 1. The van der Waals surface area contributed by atoms with Crippen LogP contribution < -0.4 is 4.74 Å². The Labute approximate surface area is 199 Å². The van der Waals surface area contributed by atoms with E-state index in [4.69, 9.17) is 9.47 Å². The minimum Gasteiger partial charge on any atom is -0.491 e. The molecule has 2 aliphatic rings. The lowest BCUT2D eigenvalue weighted by Crippen LogP contribution is -2.33. The first kappa shape index (κ1) is 24.8. The molecule has 1 heterocycles. The molecule has 1 saturated heterocycles. The minimum atomic E-state index is -1.01. The van der Waals surface area contributed by atoms with Crippen LogP contribution in [0.3, 0.4) is 0 Å². The first-order chi connectivity index (χ1) is 16.5. The van der Waals surface area contributed by atoms with Gasteiger partial charge in [-0.2, -0.15) is 4.39 Å². The highest BCUT2D eigenvalue weighted by Crippen LogP contribution is 2.39. The summed E-state index contributed by atoms with van der Waals surface area (Å²) in [5.41, 5.74) is 1.96. The molecule has 4 rings (SSSR count). The molecule has 0 aromatic heterocycles. The first-order valence-electron chi connectivity index (χ1n) is 12.2. The highest BCUT2D eigenvalue weighted by molar-refractivity contribution is 5.65. The third kappa shape index (κ3) is 5.65. The number of hydrogen-bond donors (Lipinski definition) is 0. The molecule has 0 radical (unpaired) electrons. The van der Waals surface area contributed by atoms with Crippen molar-refractivity contribution in [3.8, 4) is 16.9 Å². The van der Waals surface area contributed by atoms with Crippen molar-refractivity contribution in [3.05, 3.63) is 65.5 Å². The van der Waals surface area contributed by atoms with Crippen LogP contribution >= 0.6 is 0 Å². The summed E-state index contributed by atoms with van der Waals surface area (Å²) in [4.78, 5) is 0. The largest absolute Gasteiger partial charge is 0.491 e. The molecule has 1 aliphatic heterocycles. The van der Waals surface area contributed by atoms with Gasteiger partial charge in [0.05, 0.1) is 19.3 Å². The summed E-state index contributed by atoms with van der Waals surface area (Å²) in [5.74, 6) is -1.72. The quantitative estimate of drug-likeness (QED) is 0.378. The van der Waals surface area contributed by atoms with Crippen molar-refractivity contribution in [2.24, 2.45) is 11.8 Å². The fourth-order valence-corrected chi connectivity index (χ4v) is 5.35. The fraction of sp³-hybridized carbons (Fsp3) is 0.500. The summed E-state index contributed by atoms with van der Waals surface area (Å²) in [6.45, 7) is 1.61. The van der Waals surface area contributed by atoms with Gasteiger partial charge in [0.2, 0.25) is 5.82 Å². The second-order valence-corrected chi connectivity index (χ2v) is 9.36. The summed E-state index contributed by atoms with van der Waals surface area (Å²) < 4.78 is 65.7. The number of halogens is 4. The van der Waals surface area contributed by atoms with Crippen LogP contribution in [0.5, 0.6) is 5.75 Å². The number of rotatable bonds is 7. The van der Waals surface area contributed by atoms with E-state index in [1.807, 2.05) is 24.3 Å². The van der Waals surface area contributed by atoms with Crippen LogP contribution in [-0.2, 0) is 4.74 Å². The Hall–Kier alpha value is -2.34. The van der Waals surface area contributed by atoms with E-state index in [0.29, 0.717) is 18.1 Å². The molecule has 2 atom stereocenters. The molecule has 2 aromatic carbocycles. The zero-order valence-corrected chi connectivity index (χ0v) is 19.5. The van der Waals surface area contributed by atoms with Gasteiger partial charge in [0, 0.05) is 11.5 Å². The molecule has 0 N–H and O–H groups in total. The second kappa shape index (κ2) is 11.4. The van der Waals surface area contributed by atoms with Gasteiger partial charge in [0.1, 0.15) is 12.5 Å². The first-order valence-corrected chi connectivity index (χ1v) is 12.2. The van der Waals surface area contributed by atoms with Gasteiger partial charge < -0.3 is 9.47 Å². The Morgan fingerprint density at radius 2 is 1.71 bits per heavy atom. The van der Waals surface area contributed by atoms with Crippen LogP contribution in [0, 0.1) is 23.5 Å². The van der Waals surface area contributed by atoms with Gasteiger partial charge in [0.25, 0.3) is 0 Å². The Kier molecular flexibility index (Phi) is 8.30. The average Bonchev–Trinajstić information content (AvgIpc) is 2.88. The molecule has 0 amide bonds. The van der Waals surface area contributed by atoms with Gasteiger partial charge in [-0.25, -0.2) is 13.2 Å². The smallest absolute Gasteiger partial charge is 0.201 e. The van der Waals surface area contributed by atoms with E-state index in [9.17, 15) is 17.6 Å². The molecular weight excluding hydrogens is 444 g/mol. The van der Waals surface area contributed by atoms with E-state index in [1.54, 1.807) is 13.0 Å². The fourth-order valence-electron chi connectivity index (χ4n) is 5.35. The van der Waals surface area contributed by atoms with Gasteiger partial charge >= 0.3 is 0 Å². The molecule has 2 aromatic rings. The monoisotopic (exact) mass is 476 g/mol. The average molecular weight is 477 g/mol. The summed E-state index contributed by atoms with van der Waals surface area (Å²) in [7, 11) is 0. The van der Waals surface area contributed by atoms with E-state index in [2.05, 4.69) is 0 Å². The number of benzene rings is 2. The second-order valence-electron chi connectivity index (χ2n) is 9.36. The van der Waals surface area contributed by atoms with Crippen molar-refractivity contribution in [2.45, 2.75) is 57.5 Å². The van der Waals surface area contributed by atoms with Crippen LogP contribution in [0.25, 0.3) is 11.1 Å². The highest BCUT2D eigenvalue weighted by atomic mass is 19.2. The molecule has 0 spiro atoms. The molecule has 0 bridgehead atoms. The van der Waals surface area contributed by atoms with E-state index in [-0.39, 0.29) is 35.9 Å². The molecule has 2 nitrogen and oxygen atoms in total. The van der Waals surface area contributed by atoms with Gasteiger partial charge in [-0.3, -0.25) is 0 Å². The predicted octanol–water partition coefficient (Wildman–Crippen LogP) is 7.92. The molecule has 184 valence electrons. The van der Waals surface area contributed by atoms with Crippen molar-refractivity contribution in [1.29, 1.82) is 0 Å². The van der Waals surface area contributed by atoms with Crippen LogP contribution in [0.1, 0.15) is 56.9 Å². The maximum atomic E-state index is 14.5. The van der Waals surface area contributed by atoms with E-state index < -0.39 is 24.1 Å². The predicted molar refractivity (Wildman–Crippen MR) is 125 cm³/mol. The van der Waals surface area contributed by atoms with E-state index >= 15 is 0 Å². The van der Waals surface area contributed by atoms with Crippen LogP contribution in [0.4, 0.5) is 17.6 Å². The Bertz CT molecular complexity index is 973. The third-order valence-electron chi connectivity index (χ3n) is 7.24. The minimum absolute atomic E-state index is 0.0776. The molecule has 6 heteroatoms. The van der Waals surface area contributed by atoms with Crippen molar-refractivity contribution in [2.75, 3.05) is 19.9 Å². The van der Waals surface area contributed by atoms with Crippen molar-refractivity contribution in [1.82, 2.24) is 0 Å². The molecule has 34 heavy (non-hydrogen) atoms. The lowest BCUT2D eigenvalue weighted by molar-refractivity contribution is -0.0420. The number of allylic oxidation sites excluding steroid dienone is 2. The SMILES string of the molecule is CCOc1ccc(-c2ccc(C3CCC(C4CCC(/C=C(\F)CF)CC4)OC3)cc2)c(F)c1F. The van der Waals surface area contributed by atoms with Gasteiger partial charge in [-0.1, -0.05) is 24.3 Å². The lowest BCUT2D eigenvalue weighted by atomic mass is 9.76. The van der Waals surface area contributed by atoms with Crippen LogP contribution in [-0.4, -0.2) is 26.0 Å².